The molecule has 0 aromatic heterocycles. The van der Waals surface area contributed by atoms with Crippen molar-refractivity contribution in [3.05, 3.63) is 329 Å². The van der Waals surface area contributed by atoms with E-state index in [-0.39, 0.29) is 10.8 Å². The molecule has 2 aliphatic rings. The van der Waals surface area contributed by atoms with Crippen LogP contribution >= 0.6 is 15.9 Å². The minimum atomic E-state index is -1.46. The van der Waals surface area contributed by atoms with E-state index in [1.165, 1.54) is 96.7 Å². The van der Waals surface area contributed by atoms with Crippen molar-refractivity contribution in [2.75, 3.05) is 9.80 Å². The minimum Gasteiger partial charge on any atom is -0.423 e. The monoisotopic (exact) mass is 1210 g/mol. The Labute approximate surface area is 524 Å². The lowest BCUT2D eigenvalue weighted by Gasteiger charge is -2.28. The smallest absolute Gasteiger partial charge is 0.423 e. The van der Waals surface area contributed by atoms with Gasteiger partial charge in [-0.3, -0.25) is 9.59 Å². The Balaban J connectivity index is 0.000000148. The minimum absolute atomic E-state index is 0.0372. The van der Waals surface area contributed by atoms with Gasteiger partial charge in [-0.1, -0.05) is 250 Å². The second-order valence-electron chi connectivity index (χ2n) is 23.2. The summed E-state index contributed by atoms with van der Waals surface area (Å²) in [5, 5.41) is 17.3. The molecular formula is C80H64BBrN2O4. The molecule has 0 aliphatic heterocycles. The lowest BCUT2D eigenvalue weighted by Crippen LogP contribution is -2.29. The van der Waals surface area contributed by atoms with Crippen LogP contribution in [0.5, 0.6) is 0 Å². The summed E-state index contributed by atoms with van der Waals surface area (Å²) >= 11 is 3.60. The van der Waals surface area contributed by atoms with Gasteiger partial charge in [0.05, 0.1) is 0 Å². The van der Waals surface area contributed by atoms with Gasteiger partial charge in [0.2, 0.25) is 0 Å². The van der Waals surface area contributed by atoms with Crippen molar-refractivity contribution in [2.24, 2.45) is 0 Å². The number of hydrogen-bond donors (Lipinski definition) is 2. The third-order valence-corrected chi connectivity index (χ3v) is 17.6. The highest BCUT2D eigenvalue weighted by atomic mass is 79.9. The molecule has 428 valence electrons. The van der Waals surface area contributed by atoms with E-state index in [0.717, 1.165) is 50.3 Å². The maximum absolute atomic E-state index is 11.1. The molecule has 8 heteroatoms. The summed E-state index contributed by atoms with van der Waals surface area (Å²) in [5.74, 6) is 0. The zero-order valence-corrected chi connectivity index (χ0v) is 51.0. The second kappa shape index (κ2) is 25.2. The first-order valence-corrected chi connectivity index (χ1v) is 30.3. The van der Waals surface area contributed by atoms with Crippen molar-refractivity contribution >= 4 is 75.2 Å². The Hall–Kier alpha value is -9.96. The van der Waals surface area contributed by atoms with E-state index in [2.05, 4.69) is 290 Å². The zero-order valence-electron chi connectivity index (χ0n) is 49.4. The topological polar surface area (TPSA) is 81.1 Å². The molecule has 12 aromatic rings. The summed E-state index contributed by atoms with van der Waals surface area (Å²) in [5.41, 5.74) is 26.1. The van der Waals surface area contributed by atoms with Crippen LogP contribution in [0, 0.1) is 0 Å². The van der Waals surface area contributed by atoms with Gasteiger partial charge in [-0.05, 0) is 168 Å². The molecule has 0 radical (unpaired) electrons. The molecule has 0 saturated carbocycles. The normalized spacial score (nSPS) is 12.5. The Morgan fingerprint density at radius 2 is 0.602 bits per heavy atom. The molecule has 2 N–H and O–H groups in total. The average molecular weight is 1210 g/mol. The van der Waals surface area contributed by atoms with Crippen molar-refractivity contribution in [1.29, 1.82) is 0 Å². The number of halogens is 1. The summed E-state index contributed by atoms with van der Waals surface area (Å²) in [6.45, 7) is 9.32. The Morgan fingerprint density at radius 3 is 0.955 bits per heavy atom. The van der Waals surface area contributed by atoms with Crippen LogP contribution in [-0.2, 0) is 10.8 Å². The number of anilines is 6. The highest BCUT2D eigenvalue weighted by molar-refractivity contribution is 9.10. The standard InChI is InChI=1S/C40H31NO.C33H26BrN.C7H7BO3/c1-40(2)38-11-7-6-10-36(38)37-25-24-35(26-39(37)40)41(33-20-16-31(17-21-33)29-8-4-3-5-9-29)34-22-18-32(19-23-34)30-14-12-28(27-42)13-15-30;1-33(2)31-11-7-6-10-29(31)30-21-20-28(22-32(30)33)35(27-18-14-25(34)15-19-27)26-16-12-24(13-17-26)23-8-4-3-5-9-23;9-5-6-1-3-7(4-2-6)8(10)11/h3-27H,1-2H3;3-22H,1-2H3;1-5,10-11H. The third kappa shape index (κ3) is 11.9. The van der Waals surface area contributed by atoms with Crippen LogP contribution in [0.4, 0.5) is 34.1 Å². The summed E-state index contributed by atoms with van der Waals surface area (Å²) in [4.78, 5) is 26.0. The molecule has 14 rings (SSSR count). The SMILES string of the molecule is CC1(C)c2ccccc2-c2ccc(N(c3ccc(-c4ccccc4)cc3)c3ccc(-c4ccc(C=O)cc4)cc3)cc21.CC1(C)c2ccccc2-c2ccc(N(c3ccc(Br)cc3)c3ccc(-c4ccccc4)cc3)cc21.O=Cc1ccc(B(O)O)cc1. The van der Waals surface area contributed by atoms with Crippen molar-refractivity contribution < 1.29 is 19.6 Å². The quantitative estimate of drug-likeness (QED) is 0.0937. The maximum atomic E-state index is 11.1. The van der Waals surface area contributed by atoms with Crippen LogP contribution in [0.15, 0.2) is 296 Å². The van der Waals surface area contributed by atoms with Gasteiger partial charge < -0.3 is 19.8 Å². The molecule has 6 nitrogen and oxygen atoms in total. The van der Waals surface area contributed by atoms with Gasteiger partial charge in [0.1, 0.15) is 12.6 Å². The van der Waals surface area contributed by atoms with Gasteiger partial charge in [0.25, 0.3) is 0 Å². The fourth-order valence-corrected chi connectivity index (χ4v) is 12.6. The van der Waals surface area contributed by atoms with E-state index in [9.17, 15) is 9.59 Å². The first-order valence-electron chi connectivity index (χ1n) is 29.5. The zero-order chi connectivity index (χ0) is 60.9. The highest BCUT2D eigenvalue weighted by Crippen LogP contribution is 2.52. The van der Waals surface area contributed by atoms with E-state index < -0.39 is 7.12 Å². The number of rotatable bonds is 12. The Morgan fingerprint density at radius 1 is 0.318 bits per heavy atom. The molecular weight excluding hydrogens is 1140 g/mol. The highest BCUT2D eigenvalue weighted by Gasteiger charge is 2.37. The second-order valence-corrected chi connectivity index (χ2v) is 24.1. The van der Waals surface area contributed by atoms with Crippen molar-refractivity contribution in [3.8, 4) is 55.6 Å². The Bertz CT molecular complexity index is 4420. The van der Waals surface area contributed by atoms with Crippen LogP contribution in [0.3, 0.4) is 0 Å². The third-order valence-electron chi connectivity index (χ3n) is 17.1. The van der Waals surface area contributed by atoms with Crippen molar-refractivity contribution in [1.82, 2.24) is 0 Å². The summed E-state index contributed by atoms with van der Waals surface area (Å²) in [6, 6.07) is 101. The number of fused-ring (bicyclic) bond motifs is 6. The number of hydrogen-bond acceptors (Lipinski definition) is 6. The van der Waals surface area contributed by atoms with Gasteiger partial charge in [-0.15, -0.1) is 0 Å². The van der Waals surface area contributed by atoms with Crippen LogP contribution in [0.1, 0.15) is 70.7 Å². The van der Waals surface area contributed by atoms with Crippen LogP contribution < -0.4 is 15.3 Å². The lowest BCUT2D eigenvalue weighted by molar-refractivity contribution is 0.111. The predicted octanol–water partition coefficient (Wildman–Crippen LogP) is 19.7. The van der Waals surface area contributed by atoms with E-state index >= 15 is 0 Å². The van der Waals surface area contributed by atoms with Crippen LogP contribution in [0.25, 0.3) is 55.6 Å². The van der Waals surface area contributed by atoms with E-state index in [1.54, 1.807) is 0 Å². The molecule has 0 amide bonds. The first-order chi connectivity index (χ1) is 42.8. The number of carbonyl (C=O) groups excluding carboxylic acids is 2. The van der Waals surface area contributed by atoms with Crippen LogP contribution in [-0.4, -0.2) is 29.7 Å². The van der Waals surface area contributed by atoms with Crippen molar-refractivity contribution in [3.63, 3.8) is 0 Å². The molecule has 0 fully saturated rings. The Kier molecular flexibility index (Phi) is 16.7. The molecule has 0 saturated heterocycles. The molecule has 0 unspecified atom stereocenters. The fourth-order valence-electron chi connectivity index (χ4n) is 12.3. The number of aldehydes is 2. The molecule has 2 aliphatic carbocycles. The van der Waals surface area contributed by atoms with Gasteiger partial charge in [0, 0.05) is 60.6 Å². The van der Waals surface area contributed by atoms with Crippen molar-refractivity contribution in [2.45, 2.75) is 38.5 Å². The van der Waals surface area contributed by atoms with Crippen LogP contribution in [0.2, 0.25) is 0 Å². The fraction of sp³-hybridized carbons (Fsp3) is 0.0750. The van der Waals surface area contributed by atoms with E-state index in [4.69, 9.17) is 10.0 Å². The number of nitrogens with zero attached hydrogens (tertiary/aromatic N) is 2. The average Bonchev–Trinajstić information content (AvgIpc) is 1.80. The largest absolute Gasteiger partial charge is 0.488 e. The van der Waals surface area contributed by atoms with Gasteiger partial charge >= 0.3 is 7.12 Å². The summed E-state index contributed by atoms with van der Waals surface area (Å²) in [7, 11) is -1.46. The first kappa shape index (κ1) is 58.4. The van der Waals surface area contributed by atoms with Gasteiger partial charge in [-0.25, -0.2) is 0 Å². The summed E-state index contributed by atoms with van der Waals surface area (Å²) < 4.78 is 1.08. The van der Waals surface area contributed by atoms with Gasteiger partial charge in [-0.2, -0.15) is 0 Å². The lowest BCUT2D eigenvalue weighted by atomic mass is 9.80. The molecule has 0 heterocycles. The molecule has 0 bridgehead atoms. The molecule has 12 aromatic carbocycles. The molecule has 0 spiro atoms. The van der Waals surface area contributed by atoms with E-state index in [1.807, 2.05) is 30.3 Å². The number of benzene rings is 12. The van der Waals surface area contributed by atoms with E-state index in [0.29, 0.717) is 22.9 Å². The molecule has 0 atom stereocenters. The van der Waals surface area contributed by atoms with Gasteiger partial charge in [0.15, 0.2) is 0 Å². The maximum Gasteiger partial charge on any atom is 0.488 e. The summed E-state index contributed by atoms with van der Waals surface area (Å²) in [6.07, 6.45) is 1.58. The number of carbonyl (C=O) groups is 2. The predicted molar refractivity (Wildman–Crippen MR) is 368 cm³/mol. The molecule has 88 heavy (non-hydrogen) atoms.